The Morgan fingerprint density at radius 2 is 1.81 bits per heavy atom. The molecule has 1 spiro atoms. The Hall–Kier alpha value is -0.0400. The van der Waals surface area contributed by atoms with E-state index >= 15 is 0 Å². The van der Waals surface area contributed by atoms with Crippen LogP contribution in [-0.4, -0.2) is 11.7 Å². The smallest absolute Gasteiger partial charge is 0.0493 e. The van der Waals surface area contributed by atoms with Crippen LogP contribution in [0.1, 0.15) is 72.1 Å². The molecule has 1 nitrogen and oxygen atoms in total. The van der Waals surface area contributed by atoms with Gasteiger partial charge in [-0.15, -0.1) is 0 Å². The van der Waals surface area contributed by atoms with Crippen molar-refractivity contribution in [2.24, 2.45) is 45.3 Å². The van der Waals surface area contributed by atoms with E-state index in [1.165, 1.54) is 51.4 Å². The lowest BCUT2D eigenvalue weighted by Crippen LogP contribution is -2.57. The highest BCUT2D eigenvalue weighted by Crippen LogP contribution is 2.85. The summed E-state index contributed by atoms with van der Waals surface area (Å²) in [5.74, 6) is 3.74. The predicted molar refractivity (Wildman–Crippen MR) is 84.7 cm³/mol. The normalized spacial score (nSPS) is 62.9. The molecule has 7 unspecified atom stereocenters. The van der Waals surface area contributed by atoms with Crippen molar-refractivity contribution in [1.82, 2.24) is 0 Å². The first-order valence-electron chi connectivity index (χ1n) is 9.49. The van der Waals surface area contributed by atoms with Gasteiger partial charge < -0.3 is 5.11 Å². The molecule has 118 valence electrons. The van der Waals surface area contributed by atoms with Crippen molar-refractivity contribution in [3.8, 4) is 0 Å². The van der Waals surface area contributed by atoms with Crippen LogP contribution in [0.4, 0.5) is 0 Å². The van der Waals surface area contributed by atoms with Crippen molar-refractivity contribution >= 4 is 0 Å². The summed E-state index contributed by atoms with van der Waals surface area (Å²) in [6.07, 6.45) is 11.7. The van der Waals surface area contributed by atoms with Crippen LogP contribution in [0.3, 0.4) is 0 Å². The number of aliphatic hydroxyl groups is 1. The lowest BCUT2D eigenvalue weighted by Gasteiger charge is -2.65. The molecule has 6 aliphatic rings. The fourth-order valence-electron chi connectivity index (χ4n) is 8.97. The van der Waals surface area contributed by atoms with Gasteiger partial charge in [0.05, 0.1) is 0 Å². The van der Waals surface area contributed by atoms with E-state index in [0.29, 0.717) is 28.3 Å². The van der Waals surface area contributed by atoms with Gasteiger partial charge in [0, 0.05) is 12.0 Å². The Morgan fingerprint density at radius 3 is 2.52 bits per heavy atom. The van der Waals surface area contributed by atoms with Gasteiger partial charge in [-0.2, -0.15) is 0 Å². The molecule has 6 saturated carbocycles. The van der Waals surface area contributed by atoms with E-state index in [4.69, 9.17) is 0 Å². The largest absolute Gasteiger partial charge is 0.396 e. The molecule has 7 atom stereocenters. The van der Waals surface area contributed by atoms with Crippen molar-refractivity contribution < 1.29 is 5.11 Å². The highest BCUT2D eigenvalue weighted by Gasteiger charge is 2.79. The quantitative estimate of drug-likeness (QED) is 0.745. The van der Waals surface area contributed by atoms with Gasteiger partial charge in [0.15, 0.2) is 0 Å². The van der Waals surface area contributed by atoms with Crippen LogP contribution >= 0.6 is 0 Å². The van der Waals surface area contributed by atoms with Crippen molar-refractivity contribution in [1.29, 1.82) is 0 Å². The molecule has 1 N–H and O–H groups in total. The van der Waals surface area contributed by atoms with Crippen LogP contribution in [0.15, 0.2) is 0 Å². The standard InChI is InChI=1S/C20H32O/c1-17(2)6-4-7-18(3)15(17)5-8-19-10-14-13(9-16(18)19)20(14,11-19)12-21/h13-16,21H,4-12H2,1-3H3. The number of hydrogen-bond acceptors (Lipinski definition) is 1. The number of fused-ring (bicyclic) bond motifs is 1. The van der Waals surface area contributed by atoms with E-state index in [1.54, 1.807) is 0 Å². The molecular weight excluding hydrogens is 256 g/mol. The van der Waals surface area contributed by atoms with Gasteiger partial charge in [0.1, 0.15) is 0 Å². The molecule has 1 heteroatoms. The van der Waals surface area contributed by atoms with Gasteiger partial charge in [-0.3, -0.25) is 0 Å². The Kier molecular flexibility index (Phi) is 2.27. The van der Waals surface area contributed by atoms with E-state index in [2.05, 4.69) is 20.8 Å². The maximum absolute atomic E-state index is 9.96. The summed E-state index contributed by atoms with van der Waals surface area (Å²) in [5, 5.41) is 9.96. The van der Waals surface area contributed by atoms with Gasteiger partial charge in [-0.05, 0) is 84.9 Å². The number of rotatable bonds is 1. The van der Waals surface area contributed by atoms with Crippen LogP contribution < -0.4 is 0 Å². The van der Waals surface area contributed by atoms with Crippen molar-refractivity contribution in [2.75, 3.05) is 6.61 Å². The summed E-state index contributed by atoms with van der Waals surface area (Å²) in [6.45, 7) is 8.26. The van der Waals surface area contributed by atoms with Crippen LogP contribution in [-0.2, 0) is 0 Å². The number of hydrogen-bond donors (Lipinski definition) is 1. The summed E-state index contributed by atoms with van der Waals surface area (Å²) in [5.41, 5.74) is 2.21. The maximum Gasteiger partial charge on any atom is 0.0493 e. The van der Waals surface area contributed by atoms with E-state index < -0.39 is 0 Å². The van der Waals surface area contributed by atoms with Gasteiger partial charge >= 0.3 is 0 Å². The molecule has 0 amide bonds. The van der Waals surface area contributed by atoms with Crippen LogP contribution in [0.5, 0.6) is 0 Å². The molecule has 4 bridgehead atoms. The SMILES string of the molecule is CC1(C)CCCC2(C)C1CCC13CC4C(CC12)C4(CO)C3. The third kappa shape index (κ3) is 1.32. The summed E-state index contributed by atoms with van der Waals surface area (Å²) >= 11 is 0. The lowest BCUT2D eigenvalue weighted by molar-refractivity contribution is -0.162. The zero-order valence-corrected chi connectivity index (χ0v) is 14.1. The second-order valence-electron chi connectivity index (χ2n) is 10.6. The Bertz CT molecular complexity index is 496. The Morgan fingerprint density at radius 1 is 1.00 bits per heavy atom. The summed E-state index contributed by atoms with van der Waals surface area (Å²) < 4.78 is 0. The molecule has 6 fully saturated rings. The van der Waals surface area contributed by atoms with Gasteiger partial charge in [0.25, 0.3) is 0 Å². The second kappa shape index (κ2) is 3.55. The van der Waals surface area contributed by atoms with E-state index in [-0.39, 0.29) is 0 Å². The molecule has 0 aromatic heterocycles. The fourth-order valence-corrected chi connectivity index (χ4v) is 8.97. The first kappa shape index (κ1) is 13.4. The van der Waals surface area contributed by atoms with Crippen molar-refractivity contribution in [2.45, 2.75) is 72.1 Å². The third-order valence-corrected chi connectivity index (χ3v) is 9.69. The monoisotopic (exact) mass is 288 g/mol. The molecule has 0 saturated heterocycles. The molecule has 6 aliphatic carbocycles. The van der Waals surface area contributed by atoms with Crippen LogP contribution in [0.25, 0.3) is 0 Å². The summed E-state index contributed by atoms with van der Waals surface area (Å²) in [4.78, 5) is 0. The molecule has 0 radical (unpaired) electrons. The van der Waals surface area contributed by atoms with Crippen LogP contribution in [0.2, 0.25) is 0 Å². The second-order valence-corrected chi connectivity index (χ2v) is 10.6. The predicted octanol–water partition coefficient (Wildman–Crippen LogP) is 4.64. The molecule has 0 aromatic carbocycles. The molecule has 0 aromatic rings. The zero-order chi connectivity index (χ0) is 14.7. The van der Waals surface area contributed by atoms with Gasteiger partial charge in [-0.25, -0.2) is 0 Å². The molecule has 21 heavy (non-hydrogen) atoms. The molecule has 0 heterocycles. The average molecular weight is 288 g/mol. The number of aliphatic hydroxyl groups excluding tert-OH is 1. The Labute approximate surface area is 129 Å². The Balaban J connectivity index is 1.54. The van der Waals surface area contributed by atoms with Gasteiger partial charge in [0.2, 0.25) is 0 Å². The summed E-state index contributed by atoms with van der Waals surface area (Å²) in [7, 11) is 0. The van der Waals surface area contributed by atoms with E-state index in [9.17, 15) is 5.11 Å². The van der Waals surface area contributed by atoms with Gasteiger partial charge in [-0.1, -0.05) is 27.2 Å². The highest BCUT2D eigenvalue weighted by atomic mass is 16.3. The average Bonchev–Trinajstić information content (AvgIpc) is 2.93. The minimum absolute atomic E-state index is 0.407. The minimum Gasteiger partial charge on any atom is -0.396 e. The minimum atomic E-state index is 0.407. The molecule has 6 rings (SSSR count). The third-order valence-electron chi connectivity index (χ3n) is 9.69. The molecule has 0 aliphatic heterocycles. The first-order valence-corrected chi connectivity index (χ1v) is 9.49. The van der Waals surface area contributed by atoms with E-state index in [1.807, 2.05) is 0 Å². The first-order chi connectivity index (χ1) is 9.88. The van der Waals surface area contributed by atoms with Crippen molar-refractivity contribution in [3.63, 3.8) is 0 Å². The lowest BCUT2D eigenvalue weighted by atomic mass is 9.40. The zero-order valence-electron chi connectivity index (χ0n) is 14.1. The van der Waals surface area contributed by atoms with Crippen molar-refractivity contribution in [3.05, 3.63) is 0 Å². The topological polar surface area (TPSA) is 20.2 Å². The maximum atomic E-state index is 9.96. The molecular formula is C20H32O. The van der Waals surface area contributed by atoms with E-state index in [0.717, 1.165) is 23.7 Å². The van der Waals surface area contributed by atoms with Crippen LogP contribution in [0, 0.1) is 45.3 Å². The summed E-state index contributed by atoms with van der Waals surface area (Å²) in [6, 6.07) is 0. The highest BCUT2D eigenvalue weighted by molar-refractivity contribution is 5.28. The fraction of sp³-hybridized carbons (Fsp3) is 1.00.